The molecule has 9 heteroatoms. The number of ketones is 1. The molecule has 1 aromatic heterocycles. The van der Waals surface area contributed by atoms with Crippen LogP contribution in [0.4, 0.5) is 0 Å². The van der Waals surface area contributed by atoms with E-state index in [9.17, 15) is 4.79 Å². The Morgan fingerprint density at radius 1 is 0.970 bits per heavy atom. The summed E-state index contributed by atoms with van der Waals surface area (Å²) in [6, 6.07) is 13.2. The summed E-state index contributed by atoms with van der Waals surface area (Å²) < 4.78 is 26.8. The van der Waals surface area contributed by atoms with Crippen molar-refractivity contribution in [3.8, 4) is 22.8 Å². The fourth-order valence-electron chi connectivity index (χ4n) is 3.18. The van der Waals surface area contributed by atoms with Gasteiger partial charge in [-0.05, 0) is 42.0 Å². The largest absolute Gasteiger partial charge is 0.495 e. The monoisotopic (exact) mass is 470 g/mol. The average Bonchev–Trinajstić information content (AvgIpc) is 3.30. The smallest absolute Gasteiger partial charge is 0.231 e. The summed E-state index contributed by atoms with van der Waals surface area (Å²) in [6.45, 7) is 1.44. The van der Waals surface area contributed by atoms with Gasteiger partial charge in [0, 0.05) is 25.2 Å². The number of methoxy groups -OCH3 is 3. The Labute approximate surface area is 196 Å². The summed E-state index contributed by atoms with van der Waals surface area (Å²) in [5.74, 6) is 0.771. The zero-order valence-corrected chi connectivity index (χ0v) is 19.3. The van der Waals surface area contributed by atoms with Gasteiger partial charge in [-0.1, -0.05) is 23.7 Å². The summed E-state index contributed by atoms with van der Waals surface area (Å²) in [5, 5.41) is 15.5. The molecule has 8 nitrogen and oxygen atoms in total. The van der Waals surface area contributed by atoms with Crippen molar-refractivity contribution in [3.05, 3.63) is 70.4 Å². The van der Waals surface area contributed by atoms with Crippen LogP contribution in [-0.2, 0) is 9.47 Å². The van der Waals surface area contributed by atoms with Crippen molar-refractivity contribution in [2.24, 2.45) is 0 Å². The Kier molecular flexibility index (Phi) is 7.52. The third kappa shape index (κ3) is 5.24. The minimum Gasteiger partial charge on any atom is -0.495 e. The predicted octanol–water partition coefficient (Wildman–Crippen LogP) is 5.53. The molecule has 172 valence electrons. The number of nitrogens with one attached hydrogen (secondary N) is 2. The zero-order chi connectivity index (χ0) is 24.1. The van der Waals surface area contributed by atoms with Crippen LogP contribution in [0.5, 0.6) is 11.5 Å². The molecule has 3 aromatic rings. The molecule has 0 saturated heterocycles. The highest BCUT2D eigenvalue weighted by Gasteiger charge is 2.25. The maximum Gasteiger partial charge on any atom is 0.231 e. The molecule has 3 rings (SSSR count). The Morgan fingerprint density at radius 2 is 1.58 bits per heavy atom. The van der Waals surface area contributed by atoms with Gasteiger partial charge in [0.25, 0.3) is 0 Å². The SMILES string of the molecule is COc1cc(-c2ccc(C(=O)C(OC)c3ccc(C(=N)OC(C)=N)cc3)o2)cc(OC)c1Cl. The first-order chi connectivity index (χ1) is 15.8. The molecular formula is C24H23ClN2O6. The molecule has 1 atom stereocenters. The van der Waals surface area contributed by atoms with E-state index in [1.165, 1.54) is 28.3 Å². The molecule has 33 heavy (non-hydrogen) atoms. The Hall–Kier alpha value is -3.62. The van der Waals surface area contributed by atoms with Gasteiger partial charge in [0.1, 0.15) is 28.4 Å². The average molecular weight is 471 g/mol. The van der Waals surface area contributed by atoms with E-state index in [0.29, 0.717) is 39.0 Å². The minimum atomic E-state index is -0.910. The van der Waals surface area contributed by atoms with Gasteiger partial charge in [-0.25, -0.2) is 0 Å². The highest BCUT2D eigenvalue weighted by molar-refractivity contribution is 6.33. The molecule has 1 heterocycles. The van der Waals surface area contributed by atoms with Crippen molar-refractivity contribution in [2.75, 3.05) is 21.3 Å². The number of rotatable bonds is 8. The molecule has 0 fully saturated rings. The normalized spacial score (nSPS) is 11.5. The van der Waals surface area contributed by atoms with Gasteiger partial charge in [0.15, 0.2) is 11.7 Å². The first kappa shape index (κ1) is 24.0. The van der Waals surface area contributed by atoms with Gasteiger partial charge in [-0.2, -0.15) is 0 Å². The van der Waals surface area contributed by atoms with Crippen LogP contribution in [0, 0.1) is 10.8 Å². The molecule has 0 aliphatic rings. The van der Waals surface area contributed by atoms with Crippen molar-refractivity contribution in [2.45, 2.75) is 13.0 Å². The molecular weight excluding hydrogens is 448 g/mol. The number of hydrogen-bond donors (Lipinski definition) is 2. The van der Waals surface area contributed by atoms with E-state index in [1.54, 1.807) is 48.5 Å². The number of halogens is 1. The second-order valence-electron chi connectivity index (χ2n) is 6.95. The van der Waals surface area contributed by atoms with E-state index < -0.39 is 6.10 Å². The molecule has 0 bridgehead atoms. The Bertz CT molecular complexity index is 1160. The quantitative estimate of drug-likeness (QED) is 0.254. The lowest BCUT2D eigenvalue weighted by Crippen LogP contribution is -2.15. The van der Waals surface area contributed by atoms with Crippen molar-refractivity contribution in [1.29, 1.82) is 10.8 Å². The van der Waals surface area contributed by atoms with Crippen molar-refractivity contribution >= 4 is 29.2 Å². The van der Waals surface area contributed by atoms with E-state index in [2.05, 4.69) is 0 Å². The maximum atomic E-state index is 13.1. The van der Waals surface area contributed by atoms with Crippen molar-refractivity contribution in [3.63, 3.8) is 0 Å². The van der Waals surface area contributed by atoms with Crippen LogP contribution in [0.1, 0.15) is 34.7 Å². The van der Waals surface area contributed by atoms with Crippen molar-refractivity contribution in [1.82, 2.24) is 0 Å². The number of ether oxygens (including phenoxy) is 4. The number of Topliss-reactive ketones (excluding diaryl/α,β-unsaturated/α-hetero) is 1. The number of carbonyl (C=O) groups is 1. The second-order valence-corrected chi connectivity index (χ2v) is 7.33. The third-order valence-corrected chi connectivity index (χ3v) is 5.16. The van der Waals surface area contributed by atoms with Gasteiger partial charge in [0.2, 0.25) is 11.7 Å². The second kappa shape index (κ2) is 10.3. The van der Waals surface area contributed by atoms with Gasteiger partial charge < -0.3 is 23.4 Å². The molecule has 0 aliphatic heterocycles. The standard InChI is InChI=1S/C24H23ClN2O6/c1-13(26)32-24(27)15-7-5-14(6-8-15)23(31-4)22(28)18-10-9-17(33-18)16-11-19(29-2)21(25)20(12-16)30-3/h5-12,23,26-27H,1-4H3. The summed E-state index contributed by atoms with van der Waals surface area (Å²) in [5.41, 5.74) is 1.68. The summed E-state index contributed by atoms with van der Waals surface area (Å²) in [7, 11) is 4.42. The number of benzene rings is 2. The van der Waals surface area contributed by atoms with E-state index >= 15 is 0 Å². The van der Waals surface area contributed by atoms with Gasteiger partial charge in [0.05, 0.1) is 14.2 Å². The number of furan rings is 1. The fourth-order valence-corrected chi connectivity index (χ4v) is 3.45. The molecule has 0 spiro atoms. The molecule has 2 N–H and O–H groups in total. The van der Waals surface area contributed by atoms with E-state index in [4.69, 9.17) is 45.8 Å². The maximum absolute atomic E-state index is 13.1. The summed E-state index contributed by atoms with van der Waals surface area (Å²) in [4.78, 5) is 13.1. The highest BCUT2D eigenvalue weighted by atomic mass is 35.5. The van der Waals surface area contributed by atoms with Crippen LogP contribution in [0.3, 0.4) is 0 Å². The molecule has 0 aliphatic carbocycles. The third-order valence-electron chi connectivity index (χ3n) is 4.78. The topological polar surface area (TPSA) is 115 Å². The lowest BCUT2D eigenvalue weighted by molar-refractivity contribution is 0.0577. The molecule has 0 amide bonds. The Balaban J connectivity index is 1.85. The van der Waals surface area contributed by atoms with Gasteiger partial charge in [-0.3, -0.25) is 15.6 Å². The Morgan fingerprint density at radius 3 is 2.09 bits per heavy atom. The summed E-state index contributed by atoms with van der Waals surface area (Å²) in [6.07, 6.45) is -0.910. The highest BCUT2D eigenvalue weighted by Crippen LogP contribution is 2.39. The van der Waals surface area contributed by atoms with E-state index in [-0.39, 0.29) is 23.3 Å². The van der Waals surface area contributed by atoms with Crippen LogP contribution >= 0.6 is 11.6 Å². The molecule has 0 radical (unpaired) electrons. The number of carbonyl (C=O) groups excluding carboxylic acids is 1. The lowest BCUT2D eigenvalue weighted by atomic mass is 10.0. The summed E-state index contributed by atoms with van der Waals surface area (Å²) >= 11 is 6.22. The molecule has 0 saturated carbocycles. The van der Waals surface area contributed by atoms with Crippen LogP contribution in [0.15, 0.2) is 52.9 Å². The first-order valence-corrected chi connectivity index (χ1v) is 10.2. The van der Waals surface area contributed by atoms with Crippen LogP contribution < -0.4 is 9.47 Å². The molecule has 2 aromatic carbocycles. The van der Waals surface area contributed by atoms with Crippen molar-refractivity contribution < 1.29 is 28.2 Å². The van der Waals surface area contributed by atoms with Crippen LogP contribution in [0.25, 0.3) is 11.3 Å². The number of hydrogen-bond acceptors (Lipinski definition) is 8. The lowest BCUT2D eigenvalue weighted by Gasteiger charge is -2.14. The zero-order valence-electron chi connectivity index (χ0n) is 18.5. The fraction of sp³-hybridized carbons (Fsp3) is 0.208. The van der Waals surface area contributed by atoms with Gasteiger partial charge >= 0.3 is 0 Å². The first-order valence-electron chi connectivity index (χ1n) is 9.79. The van der Waals surface area contributed by atoms with E-state index in [1.807, 2.05) is 0 Å². The van der Waals surface area contributed by atoms with Gasteiger partial charge in [-0.15, -0.1) is 0 Å². The van der Waals surface area contributed by atoms with E-state index in [0.717, 1.165) is 0 Å². The predicted molar refractivity (Wildman–Crippen MR) is 124 cm³/mol. The molecule has 1 unspecified atom stereocenters. The minimum absolute atomic E-state index is 0.0847. The van der Waals surface area contributed by atoms with Crippen LogP contribution in [0.2, 0.25) is 5.02 Å². The van der Waals surface area contributed by atoms with Crippen LogP contribution in [-0.4, -0.2) is 38.9 Å².